The Morgan fingerprint density at radius 3 is 2.75 bits per heavy atom. The molecule has 4 rings (SSSR count). The fourth-order valence-corrected chi connectivity index (χ4v) is 4.27. The number of nitrogens with one attached hydrogen (secondary N) is 2. The van der Waals surface area contributed by atoms with E-state index in [0.29, 0.717) is 31.3 Å². The summed E-state index contributed by atoms with van der Waals surface area (Å²) >= 11 is 0. The molecule has 1 unspecified atom stereocenters. The van der Waals surface area contributed by atoms with Crippen LogP contribution in [-0.4, -0.2) is 51.1 Å². The molecule has 2 aromatic rings. The number of hydrogen-bond acceptors (Lipinski definition) is 3. The van der Waals surface area contributed by atoms with Gasteiger partial charge in [-0.2, -0.15) is 0 Å². The van der Waals surface area contributed by atoms with E-state index in [9.17, 15) is 13.6 Å². The van der Waals surface area contributed by atoms with E-state index < -0.39 is 11.6 Å². The zero-order valence-electron chi connectivity index (χ0n) is 18.0. The number of fused-ring (bicyclic) bond motifs is 1. The number of carbonyl (C=O) groups is 1. The Kier molecular flexibility index (Phi) is 8.27. The maximum atomic E-state index is 14.1. The van der Waals surface area contributed by atoms with E-state index in [1.54, 1.807) is 7.05 Å². The zero-order valence-corrected chi connectivity index (χ0v) is 20.3. The molecule has 0 radical (unpaired) electrons. The van der Waals surface area contributed by atoms with Gasteiger partial charge in [-0.15, -0.1) is 24.0 Å². The third-order valence-corrected chi connectivity index (χ3v) is 5.82. The van der Waals surface area contributed by atoms with Crippen molar-refractivity contribution in [3.05, 3.63) is 59.7 Å². The summed E-state index contributed by atoms with van der Waals surface area (Å²) in [4.78, 5) is 20.8. The Labute approximate surface area is 204 Å². The van der Waals surface area contributed by atoms with Gasteiger partial charge in [-0.05, 0) is 43.0 Å². The first kappa shape index (κ1) is 24.2. The molecule has 1 amide bonds. The predicted octanol–water partition coefficient (Wildman–Crippen LogP) is 3.31. The molecule has 0 aliphatic carbocycles. The van der Waals surface area contributed by atoms with Gasteiger partial charge >= 0.3 is 0 Å². The largest absolute Gasteiger partial charge is 0.367 e. The topological polar surface area (TPSA) is 60.0 Å². The third-order valence-electron chi connectivity index (χ3n) is 5.82. The van der Waals surface area contributed by atoms with Crippen molar-refractivity contribution in [2.45, 2.75) is 25.3 Å². The van der Waals surface area contributed by atoms with Gasteiger partial charge in [-0.25, -0.2) is 8.78 Å². The summed E-state index contributed by atoms with van der Waals surface area (Å²) in [5, 5.41) is 6.41. The Morgan fingerprint density at radius 2 is 1.97 bits per heavy atom. The van der Waals surface area contributed by atoms with Crippen molar-refractivity contribution in [2.75, 3.05) is 43.0 Å². The first-order valence-electron chi connectivity index (χ1n) is 10.6. The van der Waals surface area contributed by atoms with Crippen LogP contribution in [0.25, 0.3) is 0 Å². The smallest absolute Gasteiger partial charge is 0.246 e. The van der Waals surface area contributed by atoms with Crippen molar-refractivity contribution >= 4 is 47.2 Å². The molecule has 1 fully saturated rings. The van der Waals surface area contributed by atoms with Crippen LogP contribution in [0.2, 0.25) is 0 Å². The van der Waals surface area contributed by atoms with Crippen LogP contribution in [0.5, 0.6) is 0 Å². The van der Waals surface area contributed by atoms with Gasteiger partial charge in [0, 0.05) is 44.5 Å². The van der Waals surface area contributed by atoms with Gasteiger partial charge in [0.05, 0.1) is 12.2 Å². The molecule has 6 nitrogen and oxygen atoms in total. The number of hydrogen-bond donors (Lipinski definition) is 2. The zero-order chi connectivity index (χ0) is 21.8. The second-order valence-corrected chi connectivity index (χ2v) is 7.88. The molecule has 172 valence electrons. The van der Waals surface area contributed by atoms with Gasteiger partial charge < -0.3 is 20.4 Å². The Morgan fingerprint density at radius 1 is 1.16 bits per heavy atom. The van der Waals surface area contributed by atoms with Crippen molar-refractivity contribution < 1.29 is 13.6 Å². The minimum Gasteiger partial charge on any atom is -0.367 e. The number of anilines is 2. The van der Waals surface area contributed by atoms with Gasteiger partial charge in [0.25, 0.3) is 0 Å². The molecule has 9 heteroatoms. The van der Waals surface area contributed by atoms with E-state index in [0.717, 1.165) is 31.0 Å². The summed E-state index contributed by atoms with van der Waals surface area (Å²) in [5.74, 6) is -0.613. The van der Waals surface area contributed by atoms with E-state index in [2.05, 4.69) is 21.7 Å². The highest BCUT2D eigenvalue weighted by molar-refractivity contribution is 14.0. The van der Waals surface area contributed by atoms with Gasteiger partial charge in [-0.1, -0.05) is 18.2 Å². The average Bonchev–Trinajstić information content (AvgIpc) is 3.24. The molecular formula is C23H28F2IN5O. The third kappa shape index (κ3) is 5.48. The summed E-state index contributed by atoms with van der Waals surface area (Å²) < 4.78 is 27.2. The standard InChI is InChI=1S/C23H27F2N5O.HI/c1-26-23(27-14-22(31)30-11-4-6-16-5-2-3-7-20(16)30)28-18-10-12-29(15-18)21-9-8-17(24)13-19(21)25;/h2-3,5,7-9,13,18H,4,6,10-12,14-15H2,1H3,(H2,26,27,28);1H. The quantitative estimate of drug-likeness (QED) is 0.346. The molecule has 2 aliphatic heterocycles. The maximum Gasteiger partial charge on any atom is 0.246 e. The van der Waals surface area contributed by atoms with Crippen molar-refractivity contribution in [2.24, 2.45) is 4.99 Å². The molecule has 0 spiro atoms. The lowest BCUT2D eigenvalue weighted by molar-refractivity contribution is -0.117. The van der Waals surface area contributed by atoms with Gasteiger partial charge in [0.2, 0.25) is 5.91 Å². The molecule has 0 bridgehead atoms. The number of amides is 1. The summed E-state index contributed by atoms with van der Waals surface area (Å²) in [6.45, 7) is 2.07. The summed E-state index contributed by atoms with van der Waals surface area (Å²) in [6, 6.07) is 11.7. The predicted molar refractivity (Wildman–Crippen MR) is 134 cm³/mol. The number of aliphatic imine (C=N–C) groups is 1. The lowest BCUT2D eigenvalue weighted by Crippen LogP contribution is -2.49. The van der Waals surface area contributed by atoms with E-state index in [1.807, 2.05) is 28.0 Å². The molecule has 2 N–H and O–H groups in total. The van der Waals surface area contributed by atoms with Crippen LogP contribution in [0.1, 0.15) is 18.4 Å². The van der Waals surface area contributed by atoms with Crippen LogP contribution < -0.4 is 20.4 Å². The SMILES string of the molecule is CN=C(NCC(=O)N1CCCc2ccccc21)NC1CCN(c2ccc(F)cc2F)C1.I. The molecule has 2 heterocycles. The Bertz CT molecular complexity index is 987. The highest BCUT2D eigenvalue weighted by Gasteiger charge is 2.26. The number of nitrogens with zero attached hydrogens (tertiary/aromatic N) is 3. The number of rotatable bonds is 4. The fourth-order valence-electron chi connectivity index (χ4n) is 4.27. The number of aryl methyl sites for hydroxylation is 1. The summed E-state index contributed by atoms with van der Waals surface area (Å²) in [7, 11) is 1.66. The molecule has 2 aliphatic rings. The van der Waals surface area contributed by atoms with Crippen LogP contribution in [0.3, 0.4) is 0 Å². The Balaban J connectivity index is 0.00000289. The molecule has 0 aromatic heterocycles. The van der Waals surface area contributed by atoms with E-state index in [4.69, 9.17) is 0 Å². The van der Waals surface area contributed by atoms with Gasteiger partial charge in [0.1, 0.15) is 11.6 Å². The maximum absolute atomic E-state index is 14.1. The van der Waals surface area contributed by atoms with E-state index in [-0.39, 0.29) is 42.5 Å². The van der Waals surface area contributed by atoms with E-state index >= 15 is 0 Å². The van der Waals surface area contributed by atoms with Crippen LogP contribution in [0, 0.1) is 11.6 Å². The van der Waals surface area contributed by atoms with Gasteiger partial charge in [-0.3, -0.25) is 9.79 Å². The molecule has 32 heavy (non-hydrogen) atoms. The highest BCUT2D eigenvalue weighted by Crippen LogP contribution is 2.27. The fraction of sp³-hybridized carbons (Fsp3) is 0.391. The molecule has 1 atom stereocenters. The number of para-hydroxylation sites is 1. The van der Waals surface area contributed by atoms with Crippen LogP contribution in [-0.2, 0) is 11.2 Å². The van der Waals surface area contributed by atoms with Crippen LogP contribution >= 0.6 is 24.0 Å². The van der Waals surface area contributed by atoms with Crippen molar-refractivity contribution in [3.8, 4) is 0 Å². The van der Waals surface area contributed by atoms with Crippen molar-refractivity contribution in [1.82, 2.24) is 10.6 Å². The second-order valence-electron chi connectivity index (χ2n) is 7.88. The Hall–Kier alpha value is -2.43. The average molecular weight is 555 g/mol. The van der Waals surface area contributed by atoms with Crippen LogP contribution in [0.4, 0.5) is 20.2 Å². The first-order valence-corrected chi connectivity index (χ1v) is 10.6. The first-order chi connectivity index (χ1) is 15.0. The van der Waals surface area contributed by atoms with Gasteiger partial charge in [0.15, 0.2) is 5.96 Å². The number of guanidine groups is 1. The molecular weight excluding hydrogens is 527 g/mol. The van der Waals surface area contributed by atoms with Crippen LogP contribution in [0.15, 0.2) is 47.5 Å². The lowest BCUT2D eigenvalue weighted by atomic mass is 10.0. The van der Waals surface area contributed by atoms with Crippen molar-refractivity contribution in [1.29, 1.82) is 0 Å². The number of carbonyl (C=O) groups excluding carboxylic acids is 1. The molecule has 1 saturated heterocycles. The van der Waals surface area contributed by atoms with E-state index in [1.165, 1.54) is 17.7 Å². The molecule has 0 saturated carbocycles. The minimum absolute atomic E-state index is 0. The monoisotopic (exact) mass is 555 g/mol. The lowest BCUT2D eigenvalue weighted by Gasteiger charge is -2.30. The minimum atomic E-state index is -0.583. The normalized spacial score (nSPS) is 18.1. The molecule has 2 aromatic carbocycles. The number of benzene rings is 2. The summed E-state index contributed by atoms with van der Waals surface area (Å²) in [5.41, 5.74) is 2.58. The summed E-state index contributed by atoms with van der Waals surface area (Å²) in [6.07, 6.45) is 2.72. The van der Waals surface area contributed by atoms with Crippen molar-refractivity contribution in [3.63, 3.8) is 0 Å². The highest BCUT2D eigenvalue weighted by atomic mass is 127. The number of halogens is 3. The second kappa shape index (κ2) is 10.9.